The number of methoxy groups -OCH3 is 3. The smallest absolute Gasteiger partial charge is 0.311 e. The maximum Gasteiger partial charge on any atom is 0.311 e. The fourth-order valence-electron chi connectivity index (χ4n) is 6.01. The molecular weight excluding hydrogens is 721 g/mol. The van der Waals surface area contributed by atoms with E-state index in [1.54, 1.807) is 33.5 Å². The molecule has 1 N–H and O–H groups in total. The Bertz CT molecular complexity index is 1600. The minimum atomic E-state index is -1.99. The molecule has 0 bridgehead atoms. The monoisotopic (exact) mass is 786 g/mol. The molecule has 0 radical (unpaired) electrons. The van der Waals surface area contributed by atoms with Crippen LogP contribution < -0.4 is 24.3 Å². The van der Waals surface area contributed by atoms with Crippen LogP contribution in [0.4, 0.5) is 0 Å². The minimum absolute atomic E-state index is 0.0386. The largest absolute Gasteiger partial charge is 0.493 e. The van der Waals surface area contributed by atoms with E-state index in [-0.39, 0.29) is 40.8 Å². The minimum Gasteiger partial charge on any atom is -0.493 e. The maximum absolute atomic E-state index is 13.6. The molecular formula is C41H66N2O9Si2. The Morgan fingerprint density at radius 2 is 1.39 bits per heavy atom. The standard InChI is InChI=1S/C41H66N2O9Si2/c1-28(44)42-33-21-18-29-26-34(47-8)38(48-9)39(49-10)37(29)31-20-19-30(27-32(31)33)52-36(46)17-15-16-35(45)43(22-24-50-53(11,12)40(2,3)4)23-25-51-54(13,14)41(5,6)7/h19-20,26-27,33H,15-18,21-25H2,1-14H3,(H,42,44)/t33-/m0/s1. The van der Waals surface area contributed by atoms with Gasteiger partial charge in [-0.15, -0.1) is 0 Å². The lowest BCUT2D eigenvalue weighted by Crippen LogP contribution is -2.45. The van der Waals surface area contributed by atoms with Gasteiger partial charge in [0.2, 0.25) is 17.6 Å². The molecule has 54 heavy (non-hydrogen) atoms. The number of aryl methyl sites for hydroxylation is 1. The second-order valence-corrected chi connectivity index (χ2v) is 26.8. The lowest BCUT2D eigenvalue weighted by atomic mass is 9.93. The van der Waals surface area contributed by atoms with Crippen LogP contribution in [-0.4, -0.2) is 87.0 Å². The average Bonchev–Trinajstić information content (AvgIpc) is 3.21. The van der Waals surface area contributed by atoms with Crippen molar-refractivity contribution in [2.75, 3.05) is 47.6 Å². The molecule has 1 atom stereocenters. The van der Waals surface area contributed by atoms with Gasteiger partial charge in [0, 0.05) is 38.4 Å². The summed E-state index contributed by atoms with van der Waals surface area (Å²) in [5, 5.41) is 3.20. The summed E-state index contributed by atoms with van der Waals surface area (Å²) in [5.74, 6) is 1.26. The predicted molar refractivity (Wildman–Crippen MR) is 219 cm³/mol. The van der Waals surface area contributed by atoms with Crippen LogP contribution in [0, 0.1) is 0 Å². The molecule has 2 aromatic carbocycles. The fourth-order valence-corrected chi connectivity index (χ4v) is 8.08. The average molecular weight is 787 g/mol. The zero-order chi connectivity index (χ0) is 40.6. The van der Waals surface area contributed by atoms with Crippen molar-refractivity contribution in [2.24, 2.45) is 0 Å². The summed E-state index contributed by atoms with van der Waals surface area (Å²) in [7, 11) is 0.755. The molecule has 2 aromatic rings. The topological polar surface area (TPSA) is 122 Å². The third-order valence-electron chi connectivity index (χ3n) is 11.3. The van der Waals surface area contributed by atoms with Crippen LogP contribution in [0.3, 0.4) is 0 Å². The van der Waals surface area contributed by atoms with Crippen LogP contribution in [0.25, 0.3) is 11.1 Å². The number of esters is 1. The predicted octanol–water partition coefficient (Wildman–Crippen LogP) is 8.45. The number of hydrogen-bond acceptors (Lipinski definition) is 9. The van der Waals surface area contributed by atoms with Gasteiger partial charge in [0.05, 0.1) is 40.6 Å². The van der Waals surface area contributed by atoms with Gasteiger partial charge >= 0.3 is 5.97 Å². The Morgan fingerprint density at radius 1 is 0.815 bits per heavy atom. The molecule has 0 fully saturated rings. The van der Waals surface area contributed by atoms with Crippen LogP contribution in [0.15, 0.2) is 24.3 Å². The van der Waals surface area contributed by atoms with Crippen molar-refractivity contribution in [2.45, 2.75) is 123 Å². The fraction of sp³-hybridized carbons (Fsp3) is 0.634. The molecule has 1 aliphatic carbocycles. The molecule has 0 heterocycles. The van der Waals surface area contributed by atoms with Crippen molar-refractivity contribution in [3.63, 3.8) is 0 Å². The van der Waals surface area contributed by atoms with Gasteiger partial charge in [0.1, 0.15) is 5.75 Å². The molecule has 0 aliphatic heterocycles. The van der Waals surface area contributed by atoms with Crippen molar-refractivity contribution in [1.82, 2.24) is 10.2 Å². The van der Waals surface area contributed by atoms with E-state index < -0.39 is 22.6 Å². The third kappa shape index (κ3) is 11.3. The first-order valence-electron chi connectivity index (χ1n) is 19.1. The van der Waals surface area contributed by atoms with Crippen molar-refractivity contribution in [1.29, 1.82) is 0 Å². The van der Waals surface area contributed by atoms with Gasteiger partial charge in [-0.3, -0.25) is 14.4 Å². The zero-order valence-electron chi connectivity index (χ0n) is 35.4. The molecule has 0 saturated heterocycles. The highest BCUT2D eigenvalue weighted by Gasteiger charge is 2.38. The van der Waals surface area contributed by atoms with Crippen molar-refractivity contribution in [3.8, 4) is 34.1 Å². The van der Waals surface area contributed by atoms with Gasteiger partial charge in [-0.05, 0) is 90.4 Å². The van der Waals surface area contributed by atoms with Crippen LogP contribution in [0.1, 0.15) is 91.3 Å². The summed E-state index contributed by atoms with van der Waals surface area (Å²) in [6, 6.07) is 7.02. The van der Waals surface area contributed by atoms with Crippen LogP contribution in [-0.2, 0) is 29.7 Å². The second kappa shape index (κ2) is 18.5. The quantitative estimate of drug-likeness (QED) is 0.0957. The van der Waals surface area contributed by atoms with Gasteiger partial charge in [0.15, 0.2) is 28.1 Å². The number of carbonyl (C=O) groups excluding carboxylic acids is 3. The molecule has 0 aromatic heterocycles. The Morgan fingerprint density at radius 3 is 1.89 bits per heavy atom. The number of nitrogens with zero attached hydrogens (tertiary/aromatic N) is 1. The molecule has 302 valence electrons. The number of fused-ring (bicyclic) bond motifs is 3. The number of carbonyl (C=O) groups is 3. The Labute approximate surface area is 326 Å². The lowest BCUT2D eigenvalue weighted by molar-refractivity contribution is -0.135. The number of ether oxygens (including phenoxy) is 4. The molecule has 3 rings (SSSR count). The van der Waals surface area contributed by atoms with E-state index in [2.05, 4.69) is 73.0 Å². The van der Waals surface area contributed by atoms with E-state index >= 15 is 0 Å². The summed E-state index contributed by atoms with van der Waals surface area (Å²) >= 11 is 0. The van der Waals surface area contributed by atoms with Gasteiger partial charge in [-0.25, -0.2) is 0 Å². The highest BCUT2D eigenvalue weighted by Crippen LogP contribution is 2.51. The Balaban J connectivity index is 1.75. The van der Waals surface area contributed by atoms with Crippen LogP contribution >= 0.6 is 0 Å². The van der Waals surface area contributed by atoms with Crippen molar-refractivity contribution >= 4 is 34.4 Å². The molecule has 0 unspecified atom stereocenters. The van der Waals surface area contributed by atoms with Crippen LogP contribution in [0.2, 0.25) is 36.3 Å². The number of rotatable bonds is 17. The summed E-state index contributed by atoms with van der Waals surface area (Å²) in [6.45, 7) is 25.4. The number of hydrogen-bond donors (Lipinski definition) is 1. The van der Waals surface area contributed by atoms with E-state index in [0.717, 1.165) is 22.3 Å². The van der Waals surface area contributed by atoms with E-state index in [4.69, 9.17) is 27.8 Å². The maximum atomic E-state index is 13.6. The first-order chi connectivity index (χ1) is 25.1. The zero-order valence-corrected chi connectivity index (χ0v) is 37.4. The molecule has 1 aliphatic rings. The highest BCUT2D eigenvalue weighted by molar-refractivity contribution is 6.74. The van der Waals surface area contributed by atoms with Crippen molar-refractivity contribution < 1.29 is 42.2 Å². The summed E-state index contributed by atoms with van der Waals surface area (Å²) in [5.41, 5.74) is 3.45. The SMILES string of the molecule is COc1cc2c(c(OC)c1OC)-c1ccc(OC(=O)CCCC(=O)N(CCO[Si](C)(C)C(C)(C)C)CCO[Si](C)(C)C(C)(C)C)cc1[C@@H](NC(C)=O)CC2. The molecule has 13 heteroatoms. The number of amides is 2. The summed E-state index contributed by atoms with van der Waals surface area (Å²) < 4.78 is 35.8. The first kappa shape index (κ1) is 45.0. The highest BCUT2D eigenvalue weighted by atomic mass is 28.4. The van der Waals surface area contributed by atoms with E-state index in [0.29, 0.717) is 68.6 Å². The van der Waals surface area contributed by atoms with Crippen LogP contribution in [0.5, 0.6) is 23.0 Å². The Kier molecular flexibility index (Phi) is 15.4. The summed E-state index contributed by atoms with van der Waals surface area (Å²) in [6.07, 6.45) is 1.85. The summed E-state index contributed by atoms with van der Waals surface area (Å²) in [4.78, 5) is 40.8. The normalized spacial score (nSPS) is 14.7. The Hall–Kier alpha value is -3.40. The first-order valence-corrected chi connectivity index (χ1v) is 24.9. The van der Waals surface area contributed by atoms with E-state index in [1.807, 2.05) is 17.0 Å². The van der Waals surface area contributed by atoms with Gasteiger partial charge in [0.25, 0.3) is 0 Å². The number of nitrogens with one attached hydrogen (secondary N) is 1. The van der Waals surface area contributed by atoms with Gasteiger partial charge < -0.3 is 38.0 Å². The van der Waals surface area contributed by atoms with Crippen molar-refractivity contribution in [3.05, 3.63) is 35.4 Å². The number of benzene rings is 2. The second-order valence-electron chi connectivity index (χ2n) is 17.1. The van der Waals surface area contributed by atoms with E-state index in [1.165, 1.54) is 6.92 Å². The third-order valence-corrected chi connectivity index (χ3v) is 20.4. The molecule has 0 spiro atoms. The van der Waals surface area contributed by atoms with E-state index in [9.17, 15) is 14.4 Å². The molecule has 11 nitrogen and oxygen atoms in total. The van der Waals surface area contributed by atoms with Gasteiger partial charge in [-0.2, -0.15) is 0 Å². The lowest BCUT2D eigenvalue weighted by Gasteiger charge is -2.38. The van der Waals surface area contributed by atoms with Gasteiger partial charge in [-0.1, -0.05) is 47.6 Å². The molecule has 2 amide bonds. The molecule has 0 saturated carbocycles.